The first-order chi connectivity index (χ1) is 12.8. The molecule has 2 aliphatic heterocycles. The van der Waals surface area contributed by atoms with Crippen LogP contribution in [0.4, 0.5) is 0 Å². The Morgan fingerprint density at radius 1 is 1.33 bits per heavy atom. The van der Waals surface area contributed by atoms with E-state index in [0.717, 1.165) is 5.56 Å². The Morgan fingerprint density at radius 3 is 2.78 bits per heavy atom. The van der Waals surface area contributed by atoms with Crippen LogP contribution in [0.3, 0.4) is 0 Å². The summed E-state index contributed by atoms with van der Waals surface area (Å²) in [5.41, 5.74) is 1.01. The molecule has 0 spiro atoms. The van der Waals surface area contributed by atoms with Crippen molar-refractivity contribution >= 4 is 21.8 Å². The number of sulfonamides is 1. The maximum Gasteiger partial charge on any atom is 0.225 e. The van der Waals surface area contributed by atoms with E-state index in [1.165, 1.54) is 18.4 Å². The molecule has 0 aromatic carbocycles. The maximum atomic E-state index is 12.7. The minimum Gasteiger partial charge on any atom is -0.337 e. The van der Waals surface area contributed by atoms with Gasteiger partial charge in [0, 0.05) is 52.4 Å². The van der Waals surface area contributed by atoms with Crippen LogP contribution in [0.1, 0.15) is 24.8 Å². The topological polar surface area (TPSA) is 90.9 Å². The van der Waals surface area contributed by atoms with Crippen LogP contribution in [0.15, 0.2) is 24.5 Å². The van der Waals surface area contributed by atoms with Gasteiger partial charge in [-0.3, -0.25) is 14.6 Å². The van der Waals surface area contributed by atoms with E-state index in [1.807, 2.05) is 12.1 Å². The van der Waals surface area contributed by atoms with Crippen LogP contribution in [0.25, 0.3) is 0 Å². The molecule has 1 aromatic heterocycles. The van der Waals surface area contributed by atoms with Gasteiger partial charge in [0.2, 0.25) is 21.8 Å². The number of likely N-dealkylation sites (tertiary alicyclic amines) is 2. The molecule has 0 radical (unpaired) electrons. The van der Waals surface area contributed by atoms with Crippen LogP contribution in [0.2, 0.25) is 0 Å². The highest BCUT2D eigenvalue weighted by Crippen LogP contribution is 2.33. The molecule has 0 saturated carbocycles. The van der Waals surface area contributed by atoms with Crippen LogP contribution in [-0.2, 0) is 26.0 Å². The molecule has 148 valence electrons. The summed E-state index contributed by atoms with van der Waals surface area (Å²) in [4.78, 5) is 32.6. The zero-order valence-corrected chi connectivity index (χ0v) is 16.6. The number of rotatable bonds is 7. The van der Waals surface area contributed by atoms with Crippen molar-refractivity contribution in [2.75, 3.05) is 32.9 Å². The highest BCUT2D eigenvalue weighted by atomic mass is 32.2. The van der Waals surface area contributed by atoms with Gasteiger partial charge in [-0.15, -0.1) is 0 Å². The van der Waals surface area contributed by atoms with Crippen LogP contribution < -0.4 is 0 Å². The number of carbonyl (C=O) groups is 2. The monoisotopic (exact) mass is 394 g/mol. The number of pyridine rings is 1. The Balaban J connectivity index is 1.58. The second kappa shape index (κ2) is 7.93. The second-order valence-corrected chi connectivity index (χ2v) is 9.56. The lowest BCUT2D eigenvalue weighted by Gasteiger charge is -2.26. The molecule has 0 bridgehead atoms. The number of carbonyl (C=O) groups excluding carboxylic acids is 2. The van der Waals surface area contributed by atoms with Crippen molar-refractivity contribution in [1.82, 2.24) is 19.1 Å². The summed E-state index contributed by atoms with van der Waals surface area (Å²) in [6, 6.07) is 3.58. The summed E-state index contributed by atoms with van der Waals surface area (Å²) in [5, 5.41) is 0. The normalized spacial score (nSPS) is 22.6. The van der Waals surface area contributed by atoms with Crippen LogP contribution in [0.5, 0.6) is 0 Å². The minimum atomic E-state index is -3.35. The Hall–Kier alpha value is -2.00. The van der Waals surface area contributed by atoms with E-state index in [1.54, 1.807) is 22.2 Å². The fourth-order valence-corrected chi connectivity index (χ4v) is 4.66. The van der Waals surface area contributed by atoms with Gasteiger partial charge < -0.3 is 9.80 Å². The van der Waals surface area contributed by atoms with E-state index >= 15 is 0 Å². The lowest BCUT2D eigenvalue weighted by molar-refractivity contribution is -0.132. The van der Waals surface area contributed by atoms with Crippen LogP contribution in [0, 0.1) is 0 Å². The lowest BCUT2D eigenvalue weighted by Crippen LogP contribution is -2.42. The van der Waals surface area contributed by atoms with E-state index in [4.69, 9.17) is 0 Å². The van der Waals surface area contributed by atoms with Crippen molar-refractivity contribution in [3.8, 4) is 0 Å². The molecule has 2 saturated heterocycles. The van der Waals surface area contributed by atoms with E-state index < -0.39 is 10.0 Å². The molecule has 27 heavy (non-hydrogen) atoms. The summed E-state index contributed by atoms with van der Waals surface area (Å²) in [7, 11) is -0.377. The first kappa shape index (κ1) is 19.8. The first-order valence-corrected chi connectivity index (χ1v) is 10.8. The summed E-state index contributed by atoms with van der Waals surface area (Å²) in [5.74, 6) is -0.116. The van der Waals surface area contributed by atoms with Gasteiger partial charge in [-0.05, 0) is 24.5 Å². The van der Waals surface area contributed by atoms with Gasteiger partial charge in [0.15, 0.2) is 0 Å². The third-order valence-electron chi connectivity index (χ3n) is 5.43. The number of fused-ring (bicyclic) bond motifs is 1. The van der Waals surface area contributed by atoms with Crippen molar-refractivity contribution in [2.45, 2.75) is 37.8 Å². The van der Waals surface area contributed by atoms with Crippen LogP contribution in [-0.4, -0.2) is 84.3 Å². The molecule has 2 amide bonds. The molecule has 3 heterocycles. The lowest BCUT2D eigenvalue weighted by atomic mass is 10.1. The third-order valence-corrected chi connectivity index (χ3v) is 7.24. The van der Waals surface area contributed by atoms with E-state index in [2.05, 4.69) is 4.98 Å². The van der Waals surface area contributed by atoms with Gasteiger partial charge in [0.1, 0.15) is 0 Å². The fourth-order valence-electron chi connectivity index (χ4n) is 3.87. The molecule has 0 aliphatic carbocycles. The maximum absolute atomic E-state index is 12.7. The van der Waals surface area contributed by atoms with Gasteiger partial charge in [0.25, 0.3) is 0 Å². The zero-order chi connectivity index (χ0) is 19.6. The molecule has 3 rings (SSSR count). The number of aryl methyl sites for hydroxylation is 1. The van der Waals surface area contributed by atoms with Crippen molar-refractivity contribution in [3.05, 3.63) is 30.1 Å². The smallest absolute Gasteiger partial charge is 0.225 e. The zero-order valence-electron chi connectivity index (χ0n) is 15.7. The number of hydrogen-bond donors (Lipinski definition) is 0. The fraction of sp³-hybridized carbons (Fsp3) is 0.611. The molecule has 0 N–H and O–H groups in total. The third kappa shape index (κ3) is 4.30. The number of nitrogens with zero attached hydrogens (tertiary/aromatic N) is 4. The number of aromatic nitrogens is 1. The molecule has 2 aliphatic rings. The first-order valence-electron chi connectivity index (χ1n) is 9.17. The largest absolute Gasteiger partial charge is 0.337 e. The van der Waals surface area contributed by atoms with Gasteiger partial charge in [0.05, 0.1) is 17.8 Å². The molecule has 9 heteroatoms. The Labute approximate surface area is 160 Å². The molecular formula is C18H26N4O4S. The Bertz CT molecular complexity index is 797. The molecule has 0 unspecified atom stereocenters. The van der Waals surface area contributed by atoms with Crippen molar-refractivity contribution in [2.24, 2.45) is 0 Å². The Morgan fingerprint density at radius 2 is 2.11 bits per heavy atom. The predicted molar refractivity (Wildman–Crippen MR) is 100 cm³/mol. The van der Waals surface area contributed by atoms with Crippen molar-refractivity contribution < 1.29 is 18.0 Å². The number of amides is 2. The SMILES string of the molecule is CN(C)S(=O)(=O)CCN1C(=O)C[C@H]2[C@@H]1CCN2C(=O)CCc1cccnc1. The standard InChI is InChI=1S/C18H26N4O4S/c1-20(2)27(25,26)11-10-22-15-7-9-21(16(15)12-18(22)24)17(23)6-5-14-4-3-8-19-13-14/h3-4,8,13,15-16H,5-7,9-12H2,1-2H3/t15-,16-/m0/s1. The molecule has 2 atom stereocenters. The Kier molecular flexibility index (Phi) is 5.81. The second-order valence-electron chi connectivity index (χ2n) is 7.26. The molecule has 8 nitrogen and oxygen atoms in total. The summed E-state index contributed by atoms with van der Waals surface area (Å²) in [6.45, 7) is 0.795. The highest BCUT2D eigenvalue weighted by Gasteiger charge is 2.48. The van der Waals surface area contributed by atoms with Crippen molar-refractivity contribution in [1.29, 1.82) is 0 Å². The van der Waals surface area contributed by atoms with Gasteiger partial charge in [-0.1, -0.05) is 6.07 Å². The molecular weight excluding hydrogens is 368 g/mol. The average molecular weight is 394 g/mol. The summed E-state index contributed by atoms with van der Waals surface area (Å²) < 4.78 is 25.2. The van der Waals surface area contributed by atoms with Gasteiger partial charge >= 0.3 is 0 Å². The van der Waals surface area contributed by atoms with Crippen LogP contribution >= 0.6 is 0 Å². The van der Waals surface area contributed by atoms with Crippen molar-refractivity contribution in [3.63, 3.8) is 0 Å². The average Bonchev–Trinajstić information content (AvgIpc) is 3.17. The summed E-state index contributed by atoms with van der Waals surface area (Å²) in [6.07, 6.45) is 5.46. The van der Waals surface area contributed by atoms with E-state index in [9.17, 15) is 18.0 Å². The number of hydrogen-bond acceptors (Lipinski definition) is 5. The quantitative estimate of drug-likeness (QED) is 0.655. The molecule has 1 aromatic rings. The van der Waals surface area contributed by atoms with Gasteiger partial charge in [-0.25, -0.2) is 12.7 Å². The molecule has 2 fully saturated rings. The van der Waals surface area contributed by atoms with E-state index in [0.29, 0.717) is 25.8 Å². The predicted octanol–water partition coefficient (Wildman–Crippen LogP) is 0.107. The van der Waals surface area contributed by atoms with Gasteiger partial charge in [-0.2, -0.15) is 0 Å². The summed E-state index contributed by atoms with van der Waals surface area (Å²) >= 11 is 0. The van der Waals surface area contributed by atoms with E-state index in [-0.39, 0.29) is 42.6 Å². The highest BCUT2D eigenvalue weighted by molar-refractivity contribution is 7.89. The minimum absolute atomic E-state index is 0.0434.